The van der Waals surface area contributed by atoms with E-state index in [-0.39, 0.29) is 23.1 Å². The Labute approximate surface area is 244 Å². The largest absolute Gasteiger partial charge is 0.398 e. The average Bonchev–Trinajstić information content (AvgIpc) is 2.93. The zero-order chi connectivity index (χ0) is 30.5. The maximum absolute atomic E-state index is 14.1. The SMILES string of the molecule is C\C=C/C(C)=C\C(=C/C)N(Cc1cc(C#N)c(F)cc1Cl)C(=O)NC(=Nc1cc(C=NC)c(N)cc1CC)NC=O. The van der Waals surface area contributed by atoms with Crippen LogP contribution in [-0.2, 0) is 17.8 Å². The van der Waals surface area contributed by atoms with Gasteiger partial charge in [0.2, 0.25) is 12.4 Å². The Kier molecular flexibility index (Phi) is 12.5. The Morgan fingerprint density at radius 2 is 1.98 bits per heavy atom. The van der Waals surface area contributed by atoms with Crippen LogP contribution in [0.5, 0.6) is 0 Å². The van der Waals surface area contributed by atoms with Crippen LogP contribution in [-0.4, -0.2) is 36.6 Å². The smallest absolute Gasteiger partial charge is 0.328 e. The Hall–Kier alpha value is -4.75. The number of halogens is 2. The molecular formula is C30H33ClFN7O2. The number of anilines is 1. The second kappa shape index (κ2) is 15.7. The van der Waals surface area contributed by atoms with Crippen molar-refractivity contribution >= 4 is 47.6 Å². The van der Waals surface area contributed by atoms with Crippen molar-refractivity contribution in [2.75, 3.05) is 12.8 Å². The second-order valence-corrected chi connectivity index (χ2v) is 9.13. The normalized spacial score (nSPS) is 12.5. The molecule has 0 fully saturated rings. The molecule has 0 aromatic heterocycles. The summed E-state index contributed by atoms with van der Waals surface area (Å²) in [5.74, 6) is -0.902. The summed E-state index contributed by atoms with van der Waals surface area (Å²) in [4.78, 5) is 35.1. The summed E-state index contributed by atoms with van der Waals surface area (Å²) in [6.07, 6.45) is 9.77. The minimum atomic E-state index is -0.764. The molecule has 41 heavy (non-hydrogen) atoms. The molecule has 0 aliphatic heterocycles. The molecule has 0 aliphatic rings. The van der Waals surface area contributed by atoms with E-state index in [0.29, 0.717) is 41.0 Å². The van der Waals surface area contributed by atoms with Gasteiger partial charge in [0.25, 0.3) is 0 Å². The number of nitrogen functional groups attached to an aromatic ring is 1. The van der Waals surface area contributed by atoms with Gasteiger partial charge >= 0.3 is 6.03 Å². The summed E-state index contributed by atoms with van der Waals surface area (Å²) in [5.41, 5.74) is 9.99. The number of aliphatic imine (C=N–C) groups is 2. The molecule has 0 unspecified atom stereocenters. The predicted molar refractivity (Wildman–Crippen MR) is 163 cm³/mol. The van der Waals surface area contributed by atoms with E-state index >= 15 is 0 Å². The lowest BCUT2D eigenvalue weighted by Crippen LogP contribution is -2.46. The topological polar surface area (TPSA) is 136 Å². The molecule has 0 saturated heterocycles. The van der Waals surface area contributed by atoms with Gasteiger partial charge in [0.1, 0.15) is 11.9 Å². The molecule has 0 atom stereocenters. The van der Waals surface area contributed by atoms with E-state index in [1.807, 2.05) is 32.9 Å². The Morgan fingerprint density at radius 3 is 2.56 bits per heavy atom. The third kappa shape index (κ3) is 8.88. The molecule has 0 spiro atoms. The molecule has 0 heterocycles. The van der Waals surface area contributed by atoms with Crippen molar-refractivity contribution in [3.63, 3.8) is 0 Å². The van der Waals surface area contributed by atoms with Gasteiger partial charge in [0.15, 0.2) is 0 Å². The highest BCUT2D eigenvalue weighted by Gasteiger charge is 2.21. The lowest BCUT2D eigenvalue weighted by Gasteiger charge is -2.25. The number of hydrogen-bond acceptors (Lipinski definition) is 6. The van der Waals surface area contributed by atoms with Gasteiger partial charge in [-0.25, -0.2) is 14.2 Å². The Bertz CT molecular complexity index is 1490. The van der Waals surface area contributed by atoms with Crippen LogP contribution in [0.15, 0.2) is 69.8 Å². The van der Waals surface area contributed by atoms with Crippen LogP contribution in [0.25, 0.3) is 0 Å². The number of rotatable bonds is 9. The highest BCUT2D eigenvalue weighted by atomic mass is 35.5. The standard InChI is InChI=1S/C30H33ClFN7O2/c1-6-9-19(4)10-24(8-3)39(17-23-11-21(15-33)26(32)14-25(23)31)30(41)38-29(36-18-40)37-28-13-22(16-35-5)27(34)12-20(28)7-2/h6,8-14,16,18H,7,17,34H2,1-5H3,(H2,36,37,38,40,41)/b9-6-,19-10-,24-8+,35-16?. The van der Waals surface area contributed by atoms with Crippen LogP contribution in [0.1, 0.15) is 49.9 Å². The number of allylic oxidation sites excluding steroid dienone is 5. The van der Waals surface area contributed by atoms with Crippen molar-refractivity contribution in [2.24, 2.45) is 9.98 Å². The predicted octanol–water partition coefficient (Wildman–Crippen LogP) is 5.92. The zero-order valence-electron chi connectivity index (χ0n) is 23.6. The molecular weight excluding hydrogens is 545 g/mol. The zero-order valence-corrected chi connectivity index (χ0v) is 24.4. The summed E-state index contributed by atoms with van der Waals surface area (Å²) >= 11 is 6.30. The number of nitrogens with one attached hydrogen (secondary N) is 2. The molecule has 0 saturated carbocycles. The van der Waals surface area contributed by atoms with Crippen LogP contribution in [0.3, 0.4) is 0 Å². The first kappa shape index (κ1) is 32.5. The first-order valence-electron chi connectivity index (χ1n) is 12.7. The maximum atomic E-state index is 14.1. The van der Waals surface area contributed by atoms with Crippen LogP contribution in [0.4, 0.5) is 20.6 Å². The summed E-state index contributed by atoms with van der Waals surface area (Å²) in [7, 11) is 1.61. The summed E-state index contributed by atoms with van der Waals surface area (Å²) in [6.45, 7) is 7.29. The van der Waals surface area contributed by atoms with Gasteiger partial charge in [-0.1, -0.05) is 36.8 Å². The minimum absolute atomic E-state index is 0.0448. The molecule has 9 nitrogen and oxygen atoms in total. The van der Waals surface area contributed by atoms with Crippen molar-refractivity contribution in [2.45, 2.75) is 40.7 Å². The summed E-state index contributed by atoms with van der Waals surface area (Å²) in [6, 6.07) is 6.92. The van der Waals surface area contributed by atoms with E-state index in [1.165, 1.54) is 11.0 Å². The van der Waals surface area contributed by atoms with Crippen molar-refractivity contribution in [3.05, 3.63) is 92.9 Å². The first-order valence-corrected chi connectivity index (χ1v) is 13.1. The molecule has 0 aliphatic carbocycles. The fourth-order valence-electron chi connectivity index (χ4n) is 3.86. The monoisotopic (exact) mass is 577 g/mol. The van der Waals surface area contributed by atoms with Crippen molar-refractivity contribution in [1.29, 1.82) is 5.26 Å². The molecule has 2 aromatic rings. The van der Waals surface area contributed by atoms with E-state index in [9.17, 15) is 19.2 Å². The van der Waals surface area contributed by atoms with E-state index in [2.05, 4.69) is 20.6 Å². The van der Waals surface area contributed by atoms with Gasteiger partial charge in [-0.15, -0.1) is 0 Å². The van der Waals surface area contributed by atoms with Gasteiger partial charge in [-0.05, 0) is 74.2 Å². The quantitative estimate of drug-likeness (QED) is 0.112. The number of carbonyl (C=O) groups excluding carboxylic acids is 2. The maximum Gasteiger partial charge on any atom is 0.328 e. The van der Waals surface area contributed by atoms with Crippen molar-refractivity contribution in [3.8, 4) is 6.07 Å². The van der Waals surface area contributed by atoms with E-state index in [1.54, 1.807) is 50.5 Å². The van der Waals surface area contributed by atoms with Gasteiger partial charge in [0, 0.05) is 35.2 Å². The number of nitrogens with zero attached hydrogens (tertiary/aromatic N) is 4. The molecule has 2 aromatic carbocycles. The Balaban J connectivity index is 2.63. The number of hydrogen-bond donors (Lipinski definition) is 3. The number of benzene rings is 2. The van der Waals surface area contributed by atoms with Gasteiger partial charge in [-0.3, -0.25) is 25.3 Å². The van der Waals surface area contributed by atoms with Gasteiger partial charge in [0.05, 0.1) is 17.8 Å². The third-order valence-electron chi connectivity index (χ3n) is 5.83. The molecule has 0 radical (unpaired) electrons. The molecule has 3 amide bonds. The lowest BCUT2D eigenvalue weighted by atomic mass is 10.1. The van der Waals surface area contributed by atoms with E-state index in [0.717, 1.165) is 17.2 Å². The third-order valence-corrected chi connectivity index (χ3v) is 6.18. The molecule has 0 bridgehead atoms. The first-order chi connectivity index (χ1) is 19.6. The summed E-state index contributed by atoms with van der Waals surface area (Å²) in [5, 5.41) is 14.4. The molecule has 214 valence electrons. The number of carbonyl (C=O) groups is 2. The second-order valence-electron chi connectivity index (χ2n) is 8.73. The number of guanidine groups is 1. The van der Waals surface area contributed by atoms with Crippen molar-refractivity contribution < 1.29 is 14.0 Å². The van der Waals surface area contributed by atoms with E-state index < -0.39 is 11.8 Å². The van der Waals surface area contributed by atoms with Gasteiger partial charge in [-0.2, -0.15) is 5.26 Å². The number of amides is 3. The van der Waals surface area contributed by atoms with E-state index in [4.69, 9.17) is 17.3 Å². The van der Waals surface area contributed by atoms with Crippen molar-refractivity contribution in [1.82, 2.24) is 15.5 Å². The van der Waals surface area contributed by atoms with Crippen LogP contribution in [0.2, 0.25) is 5.02 Å². The lowest BCUT2D eigenvalue weighted by molar-refractivity contribution is -0.108. The number of urea groups is 1. The minimum Gasteiger partial charge on any atom is -0.398 e. The van der Waals surface area contributed by atoms with Crippen LogP contribution < -0.4 is 16.4 Å². The highest BCUT2D eigenvalue weighted by Crippen LogP contribution is 2.27. The average molecular weight is 578 g/mol. The molecule has 11 heteroatoms. The Morgan fingerprint density at radius 1 is 1.24 bits per heavy atom. The summed E-state index contributed by atoms with van der Waals surface area (Å²) < 4.78 is 14.1. The molecule has 2 rings (SSSR count). The number of aryl methyl sites for hydroxylation is 1. The molecule has 4 N–H and O–H groups in total. The van der Waals surface area contributed by atoms with Crippen LogP contribution in [0, 0.1) is 17.1 Å². The number of nitriles is 1. The highest BCUT2D eigenvalue weighted by molar-refractivity contribution is 6.31. The number of nitrogens with two attached hydrogens (primary N) is 1. The fourth-order valence-corrected chi connectivity index (χ4v) is 4.07. The van der Waals surface area contributed by atoms with Crippen LogP contribution >= 0.6 is 11.6 Å². The van der Waals surface area contributed by atoms with Gasteiger partial charge < -0.3 is 5.73 Å². The fraction of sp³-hybridized carbons (Fsp3) is 0.233.